The van der Waals surface area contributed by atoms with Gasteiger partial charge in [0.15, 0.2) is 5.54 Å². The molecule has 0 bridgehead atoms. The second kappa shape index (κ2) is 5.87. The first-order valence-electron chi connectivity index (χ1n) is 6.68. The van der Waals surface area contributed by atoms with Crippen molar-refractivity contribution in [1.82, 2.24) is 0 Å². The Labute approximate surface area is 124 Å². The van der Waals surface area contributed by atoms with Crippen molar-refractivity contribution in [2.75, 3.05) is 12.4 Å². The van der Waals surface area contributed by atoms with Gasteiger partial charge in [0, 0.05) is 5.69 Å². The van der Waals surface area contributed by atoms with Gasteiger partial charge >= 0.3 is 5.97 Å². The van der Waals surface area contributed by atoms with Crippen LogP contribution in [-0.4, -0.2) is 18.2 Å². The summed E-state index contributed by atoms with van der Waals surface area (Å²) in [6, 6.07) is 14.3. The van der Waals surface area contributed by atoms with E-state index in [0.29, 0.717) is 5.56 Å². The fourth-order valence-corrected chi connectivity index (χ4v) is 2.19. The quantitative estimate of drug-likeness (QED) is 0.847. The fraction of sp³-hybridized carbons (Fsp3) is 0.235. The Bertz CT molecular complexity index is 637. The molecule has 2 rings (SSSR count). The second-order valence-electron chi connectivity index (χ2n) is 5.16. The Morgan fingerprint density at radius 1 is 1.19 bits per heavy atom. The Morgan fingerprint density at radius 2 is 1.86 bits per heavy atom. The van der Waals surface area contributed by atoms with Gasteiger partial charge in [0.2, 0.25) is 0 Å². The van der Waals surface area contributed by atoms with Crippen molar-refractivity contribution in [2.24, 2.45) is 0 Å². The number of benzene rings is 2. The van der Waals surface area contributed by atoms with Crippen molar-refractivity contribution >= 4 is 11.7 Å². The Balaban J connectivity index is 2.42. The lowest BCUT2D eigenvalue weighted by molar-refractivity contribution is -0.145. The standard InChI is InChI=1S/C17H19NO3/c1-12-7-9-14(10-8-12)18-17(2,16(20)21-3)13-5-4-6-15(19)11-13/h4-11,18-19H,1-3H3. The van der Waals surface area contributed by atoms with E-state index >= 15 is 0 Å². The predicted octanol–water partition coefficient (Wildman–Crippen LogP) is 3.20. The third-order valence-corrected chi connectivity index (χ3v) is 3.46. The molecule has 4 nitrogen and oxygen atoms in total. The third-order valence-electron chi connectivity index (χ3n) is 3.46. The van der Waals surface area contributed by atoms with Crippen LogP contribution in [0.1, 0.15) is 18.1 Å². The highest BCUT2D eigenvalue weighted by molar-refractivity contribution is 5.85. The van der Waals surface area contributed by atoms with Gasteiger partial charge in [0.1, 0.15) is 5.75 Å². The van der Waals surface area contributed by atoms with E-state index in [4.69, 9.17) is 4.74 Å². The Hall–Kier alpha value is -2.49. The minimum Gasteiger partial charge on any atom is -0.508 e. The summed E-state index contributed by atoms with van der Waals surface area (Å²) in [5, 5.41) is 12.8. The molecule has 0 saturated heterocycles. The molecule has 0 radical (unpaired) electrons. The lowest BCUT2D eigenvalue weighted by Gasteiger charge is -2.29. The van der Waals surface area contributed by atoms with E-state index in [1.807, 2.05) is 31.2 Å². The number of phenols is 1. The molecule has 0 aliphatic carbocycles. The summed E-state index contributed by atoms with van der Waals surface area (Å²) in [5.74, 6) is -0.318. The highest BCUT2D eigenvalue weighted by atomic mass is 16.5. The minimum atomic E-state index is -1.08. The van der Waals surface area contributed by atoms with Crippen LogP contribution in [0, 0.1) is 6.92 Å². The maximum Gasteiger partial charge on any atom is 0.335 e. The Kier molecular flexibility index (Phi) is 4.17. The van der Waals surface area contributed by atoms with Crippen molar-refractivity contribution in [3.63, 3.8) is 0 Å². The van der Waals surface area contributed by atoms with Crippen LogP contribution in [0.5, 0.6) is 5.75 Å². The molecule has 0 aliphatic rings. The zero-order chi connectivity index (χ0) is 15.5. The van der Waals surface area contributed by atoms with Crippen LogP contribution in [0.3, 0.4) is 0 Å². The van der Waals surface area contributed by atoms with Crippen LogP contribution in [0.4, 0.5) is 5.69 Å². The van der Waals surface area contributed by atoms with Crippen molar-refractivity contribution in [2.45, 2.75) is 19.4 Å². The van der Waals surface area contributed by atoms with Crippen molar-refractivity contribution in [3.8, 4) is 5.75 Å². The lowest BCUT2D eigenvalue weighted by Crippen LogP contribution is -2.41. The summed E-state index contributed by atoms with van der Waals surface area (Å²) in [7, 11) is 1.35. The first-order chi connectivity index (χ1) is 9.95. The van der Waals surface area contributed by atoms with Gasteiger partial charge in [-0.3, -0.25) is 0 Å². The largest absolute Gasteiger partial charge is 0.508 e. The molecule has 0 amide bonds. The first-order valence-corrected chi connectivity index (χ1v) is 6.68. The molecule has 0 spiro atoms. The maximum absolute atomic E-state index is 12.3. The van der Waals surface area contributed by atoms with Crippen LogP contribution in [0.2, 0.25) is 0 Å². The van der Waals surface area contributed by atoms with Crippen LogP contribution in [0.15, 0.2) is 48.5 Å². The summed E-state index contributed by atoms with van der Waals surface area (Å²) in [6.45, 7) is 3.73. The van der Waals surface area contributed by atoms with E-state index in [9.17, 15) is 9.90 Å². The number of phenolic OH excluding ortho intramolecular Hbond substituents is 1. The molecule has 4 heteroatoms. The van der Waals surface area contributed by atoms with E-state index in [0.717, 1.165) is 11.3 Å². The van der Waals surface area contributed by atoms with Gasteiger partial charge < -0.3 is 15.2 Å². The normalized spacial score (nSPS) is 13.3. The number of ether oxygens (including phenoxy) is 1. The highest BCUT2D eigenvalue weighted by Crippen LogP contribution is 2.29. The third kappa shape index (κ3) is 3.16. The maximum atomic E-state index is 12.3. The molecule has 1 unspecified atom stereocenters. The molecule has 0 saturated carbocycles. The first kappa shape index (κ1) is 14.9. The van der Waals surface area contributed by atoms with Gasteiger partial charge in [0.25, 0.3) is 0 Å². The summed E-state index contributed by atoms with van der Waals surface area (Å²) < 4.78 is 4.92. The smallest absolute Gasteiger partial charge is 0.335 e. The monoisotopic (exact) mass is 285 g/mol. The second-order valence-corrected chi connectivity index (χ2v) is 5.16. The number of esters is 1. The molecule has 2 N–H and O–H groups in total. The highest BCUT2D eigenvalue weighted by Gasteiger charge is 2.36. The van der Waals surface area contributed by atoms with Crippen molar-refractivity contribution < 1.29 is 14.6 Å². The number of hydrogen-bond acceptors (Lipinski definition) is 4. The molecule has 110 valence electrons. The summed E-state index contributed by atoms with van der Waals surface area (Å²) in [6.07, 6.45) is 0. The lowest BCUT2D eigenvalue weighted by atomic mass is 9.91. The zero-order valence-electron chi connectivity index (χ0n) is 12.4. The molecule has 2 aromatic carbocycles. The molecule has 21 heavy (non-hydrogen) atoms. The minimum absolute atomic E-state index is 0.105. The predicted molar refractivity (Wildman–Crippen MR) is 82.3 cm³/mol. The van der Waals surface area contributed by atoms with Crippen LogP contribution in [-0.2, 0) is 15.1 Å². The SMILES string of the molecule is COC(=O)C(C)(Nc1ccc(C)cc1)c1cccc(O)c1. The van der Waals surface area contributed by atoms with Gasteiger partial charge in [0.05, 0.1) is 7.11 Å². The van der Waals surface area contributed by atoms with E-state index in [1.165, 1.54) is 7.11 Å². The van der Waals surface area contributed by atoms with Gasteiger partial charge in [-0.1, -0.05) is 29.8 Å². The number of methoxy groups -OCH3 is 1. The zero-order valence-corrected chi connectivity index (χ0v) is 12.4. The van der Waals surface area contributed by atoms with Gasteiger partial charge in [-0.05, 0) is 43.7 Å². The average Bonchev–Trinajstić information content (AvgIpc) is 2.48. The molecular formula is C17H19NO3. The molecular weight excluding hydrogens is 266 g/mol. The molecule has 2 aromatic rings. The van der Waals surface area contributed by atoms with Gasteiger partial charge in [-0.2, -0.15) is 0 Å². The number of anilines is 1. The number of aryl methyl sites for hydroxylation is 1. The van der Waals surface area contributed by atoms with E-state index in [2.05, 4.69) is 5.32 Å². The number of carbonyl (C=O) groups excluding carboxylic acids is 1. The summed E-state index contributed by atoms with van der Waals surface area (Å²) in [5.41, 5.74) is 1.49. The van der Waals surface area contributed by atoms with E-state index in [1.54, 1.807) is 31.2 Å². The van der Waals surface area contributed by atoms with Crippen molar-refractivity contribution in [1.29, 1.82) is 0 Å². The van der Waals surface area contributed by atoms with E-state index < -0.39 is 11.5 Å². The number of hydrogen-bond donors (Lipinski definition) is 2. The van der Waals surface area contributed by atoms with Gasteiger partial charge in [-0.25, -0.2) is 4.79 Å². The molecule has 0 heterocycles. The van der Waals surface area contributed by atoms with Crippen LogP contribution < -0.4 is 5.32 Å². The number of rotatable bonds is 4. The van der Waals surface area contributed by atoms with Crippen LogP contribution in [0.25, 0.3) is 0 Å². The van der Waals surface area contributed by atoms with Crippen LogP contribution >= 0.6 is 0 Å². The number of carbonyl (C=O) groups is 1. The Morgan fingerprint density at radius 3 is 2.43 bits per heavy atom. The van der Waals surface area contributed by atoms with Crippen molar-refractivity contribution in [3.05, 3.63) is 59.7 Å². The summed E-state index contributed by atoms with van der Waals surface area (Å²) >= 11 is 0. The molecule has 0 aromatic heterocycles. The molecule has 0 fully saturated rings. The van der Waals surface area contributed by atoms with E-state index in [-0.39, 0.29) is 5.75 Å². The summed E-state index contributed by atoms with van der Waals surface area (Å²) in [4.78, 5) is 12.3. The molecule has 1 atom stereocenters. The average molecular weight is 285 g/mol. The van der Waals surface area contributed by atoms with Gasteiger partial charge in [-0.15, -0.1) is 0 Å². The number of aromatic hydroxyl groups is 1. The fourth-order valence-electron chi connectivity index (χ4n) is 2.19. The number of nitrogens with one attached hydrogen (secondary N) is 1. The topological polar surface area (TPSA) is 58.6 Å². The molecule has 0 aliphatic heterocycles.